The van der Waals surface area contributed by atoms with Gasteiger partial charge in [-0.2, -0.15) is 0 Å². The molecule has 6 heteroatoms. The van der Waals surface area contributed by atoms with Crippen LogP contribution in [0, 0.1) is 5.92 Å². The lowest BCUT2D eigenvalue weighted by atomic mass is 10.1. The highest BCUT2D eigenvalue weighted by Crippen LogP contribution is 2.49. The van der Waals surface area contributed by atoms with Crippen LogP contribution in [-0.2, 0) is 14.3 Å². The van der Waals surface area contributed by atoms with Crippen LogP contribution >= 0.6 is 0 Å². The fraction of sp³-hybridized carbons (Fsp3) is 0.632. The van der Waals surface area contributed by atoms with Gasteiger partial charge >= 0.3 is 0 Å². The van der Waals surface area contributed by atoms with Crippen LogP contribution in [0.4, 0.5) is 0 Å². The molecule has 136 valence electrons. The second kappa shape index (κ2) is 7.22. The van der Waals surface area contributed by atoms with E-state index in [4.69, 9.17) is 18.9 Å². The Balaban J connectivity index is 1.37. The van der Waals surface area contributed by atoms with Crippen molar-refractivity contribution in [1.29, 1.82) is 0 Å². The van der Waals surface area contributed by atoms with Crippen LogP contribution in [0.25, 0.3) is 0 Å². The van der Waals surface area contributed by atoms with Gasteiger partial charge in [-0.1, -0.05) is 6.07 Å². The van der Waals surface area contributed by atoms with Crippen molar-refractivity contribution in [1.82, 2.24) is 5.32 Å². The second-order valence-electron chi connectivity index (χ2n) is 6.97. The summed E-state index contributed by atoms with van der Waals surface area (Å²) < 4.78 is 22.2. The first-order valence-corrected chi connectivity index (χ1v) is 9.06. The maximum absolute atomic E-state index is 12.6. The van der Waals surface area contributed by atoms with Gasteiger partial charge in [0.2, 0.25) is 5.91 Å². The Morgan fingerprint density at radius 3 is 2.88 bits per heavy atom. The zero-order valence-corrected chi connectivity index (χ0v) is 14.5. The summed E-state index contributed by atoms with van der Waals surface area (Å²) >= 11 is 0. The SMILES string of the molecule is COCC(NC(=O)C1CC1c1ccc2c(c1)OCCO2)C1CCCO1. The van der Waals surface area contributed by atoms with Crippen molar-refractivity contribution in [3.63, 3.8) is 0 Å². The largest absolute Gasteiger partial charge is 0.486 e. The van der Waals surface area contributed by atoms with E-state index < -0.39 is 0 Å². The molecule has 6 nitrogen and oxygen atoms in total. The van der Waals surface area contributed by atoms with Crippen molar-refractivity contribution in [2.24, 2.45) is 5.92 Å². The lowest BCUT2D eigenvalue weighted by Crippen LogP contribution is -2.46. The molecule has 2 heterocycles. The Kier molecular flexibility index (Phi) is 4.81. The summed E-state index contributed by atoms with van der Waals surface area (Å²) in [5.74, 6) is 1.94. The van der Waals surface area contributed by atoms with E-state index in [0.29, 0.717) is 19.8 Å². The van der Waals surface area contributed by atoms with E-state index in [1.165, 1.54) is 0 Å². The van der Waals surface area contributed by atoms with E-state index in [0.717, 1.165) is 42.9 Å². The molecule has 4 rings (SSSR count). The summed E-state index contributed by atoms with van der Waals surface area (Å²) in [6.07, 6.45) is 2.96. The summed E-state index contributed by atoms with van der Waals surface area (Å²) in [6.45, 7) is 2.41. The number of benzene rings is 1. The summed E-state index contributed by atoms with van der Waals surface area (Å²) in [5, 5.41) is 3.14. The molecule has 3 aliphatic rings. The van der Waals surface area contributed by atoms with Crippen LogP contribution in [0.5, 0.6) is 11.5 Å². The predicted octanol–water partition coefficient (Wildman–Crippen LogP) is 1.87. The Morgan fingerprint density at radius 2 is 2.12 bits per heavy atom. The van der Waals surface area contributed by atoms with Gasteiger partial charge in [0, 0.05) is 19.6 Å². The number of carbonyl (C=O) groups excluding carboxylic acids is 1. The van der Waals surface area contributed by atoms with Crippen LogP contribution in [0.1, 0.15) is 30.7 Å². The van der Waals surface area contributed by atoms with Gasteiger partial charge in [0.15, 0.2) is 11.5 Å². The molecule has 1 saturated heterocycles. The molecule has 1 amide bonds. The van der Waals surface area contributed by atoms with Crippen LogP contribution in [-0.4, -0.2) is 51.6 Å². The fourth-order valence-electron chi connectivity index (χ4n) is 3.77. The van der Waals surface area contributed by atoms with Gasteiger partial charge < -0.3 is 24.3 Å². The zero-order chi connectivity index (χ0) is 17.2. The quantitative estimate of drug-likeness (QED) is 0.851. The van der Waals surface area contributed by atoms with Gasteiger partial charge in [-0.3, -0.25) is 4.79 Å². The molecule has 0 radical (unpaired) electrons. The molecule has 0 aromatic heterocycles. The monoisotopic (exact) mass is 347 g/mol. The van der Waals surface area contributed by atoms with Crippen molar-refractivity contribution >= 4 is 5.91 Å². The second-order valence-corrected chi connectivity index (χ2v) is 6.97. The normalized spacial score (nSPS) is 28.4. The molecule has 1 aliphatic carbocycles. The molecule has 4 unspecified atom stereocenters. The van der Waals surface area contributed by atoms with Gasteiger partial charge in [0.25, 0.3) is 0 Å². The molecule has 1 aromatic rings. The van der Waals surface area contributed by atoms with E-state index in [1.54, 1.807) is 7.11 Å². The van der Waals surface area contributed by atoms with Crippen molar-refractivity contribution in [2.75, 3.05) is 33.5 Å². The Labute approximate surface area is 147 Å². The number of hydrogen-bond donors (Lipinski definition) is 1. The first-order chi connectivity index (χ1) is 12.3. The van der Waals surface area contributed by atoms with E-state index >= 15 is 0 Å². The van der Waals surface area contributed by atoms with Crippen molar-refractivity contribution in [3.05, 3.63) is 23.8 Å². The van der Waals surface area contributed by atoms with Crippen LogP contribution in [0.3, 0.4) is 0 Å². The Morgan fingerprint density at radius 1 is 1.28 bits per heavy atom. The highest BCUT2D eigenvalue weighted by Gasteiger charge is 2.45. The zero-order valence-electron chi connectivity index (χ0n) is 14.5. The number of ether oxygens (including phenoxy) is 4. The third-order valence-corrected chi connectivity index (χ3v) is 5.21. The molecule has 2 aliphatic heterocycles. The van der Waals surface area contributed by atoms with Gasteiger partial charge in [0.1, 0.15) is 13.2 Å². The van der Waals surface area contributed by atoms with E-state index in [-0.39, 0.29) is 29.9 Å². The number of carbonyl (C=O) groups is 1. The molecule has 4 atom stereocenters. The predicted molar refractivity (Wildman–Crippen MR) is 91.1 cm³/mol. The van der Waals surface area contributed by atoms with E-state index in [9.17, 15) is 4.79 Å². The highest BCUT2D eigenvalue weighted by atomic mass is 16.6. The number of nitrogens with one attached hydrogen (secondary N) is 1. The van der Waals surface area contributed by atoms with Gasteiger partial charge in [-0.05, 0) is 42.9 Å². The van der Waals surface area contributed by atoms with Gasteiger partial charge in [-0.25, -0.2) is 0 Å². The minimum atomic E-state index is -0.0680. The van der Waals surface area contributed by atoms with Crippen LogP contribution in [0.15, 0.2) is 18.2 Å². The number of fused-ring (bicyclic) bond motifs is 1. The summed E-state index contributed by atoms with van der Waals surface area (Å²) in [5.41, 5.74) is 1.14. The number of hydrogen-bond acceptors (Lipinski definition) is 5. The molecule has 25 heavy (non-hydrogen) atoms. The van der Waals surface area contributed by atoms with E-state index in [1.807, 2.05) is 18.2 Å². The molecule has 1 N–H and O–H groups in total. The minimum absolute atomic E-state index is 0.0170. The summed E-state index contributed by atoms with van der Waals surface area (Å²) in [6, 6.07) is 5.93. The molecular formula is C19H25NO5. The standard InChI is InChI=1S/C19H25NO5/c1-22-11-15(16-3-2-6-23-16)20-19(21)14-10-13(14)12-4-5-17-18(9-12)25-8-7-24-17/h4-5,9,13-16H,2-3,6-8,10-11H2,1H3,(H,20,21). The van der Waals surface area contributed by atoms with Crippen molar-refractivity contribution < 1.29 is 23.7 Å². The smallest absolute Gasteiger partial charge is 0.224 e. The topological polar surface area (TPSA) is 66.0 Å². The molecule has 1 saturated carbocycles. The highest BCUT2D eigenvalue weighted by molar-refractivity contribution is 5.83. The molecule has 2 fully saturated rings. The van der Waals surface area contributed by atoms with Crippen molar-refractivity contribution in [2.45, 2.75) is 37.3 Å². The first kappa shape index (κ1) is 16.7. The van der Waals surface area contributed by atoms with Crippen LogP contribution < -0.4 is 14.8 Å². The third kappa shape index (κ3) is 3.60. The average molecular weight is 347 g/mol. The lowest BCUT2D eigenvalue weighted by Gasteiger charge is -2.23. The number of rotatable bonds is 6. The Hall–Kier alpha value is -1.79. The first-order valence-electron chi connectivity index (χ1n) is 9.06. The number of amides is 1. The Bertz CT molecular complexity index is 628. The molecule has 1 aromatic carbocycles. The van der Waals surface area contributed by atoms with E-state index in [2.05, 4.69) is 5.32 Å². The van der Waals surface area contributed by atoms with Crippen molar-refractivity contribution in [3.8, 4) is 11.5 Å². The molecular weight excluding hydrogens is 322 g/mol. The maximum Gasteiger partial charge on any atom is 0.224 e. The number of methoxy groups -OCH3 is 1. The van der Waals surface area contributed by atoms with Gasteiger partial charge in [0.05, 0.1) is 18.8 Å². The fourth-order valence-corrected chi connectivity index (χ4v) is 3.77. The molecule has 0 spiro atoms. The van der Waals surface area contributed by atoms with Gasteiger partial charge in [-0.15, -0.1) is 0 Å². The summed E-state index contributed by atoms with van der Waals surface area (Å²) in [7, 11) is 1.66. The third-order valence-electron chi connectivity index (χ3n) is 5.21. The minimum Gasteiger partial charge on any atom is -0.486 e. The van der Waals surface area contributed by atoms with Crippen LogP contribution in [0.2, 0.25) is 0 Å². The molecule has 0 bridgehead atoms. The maximum atomic E-state index is 12.6. The average Bonchev–Trinajstić information content (AvgIpc) is 3.26. The lowest BCUT2D eigenvalue weighted by molar-refractivity contribution is -0.124. The summed E-state index contributed by atoms with van der Waals surface area (Å²) in [4.78, 5) is 12.6.